The van der Waals surface area contributed by atoms with Crippen LogP contribution in [-0.4, -0.2) is 48.1 Å². The minimum absolute atomic E-state index is 0.00245. The number of unbranched alkanes of at least 4 members (excludes halogenated alkanes) is 1. The molecule has 0 aliphatic rings. The van der Waals surface area contributed by atoms with E-state index >= 15 is 0 Å². The highest BCUT2D eigenvalue weighted by Gasteiger charge is 2.41. The summed E-state index contributed by atoms with van der Waals surface area (Å²) < 4.78 is 0. The number of hydrogen-bond acceptors (Lipinski definition) is 4. The average Bonchev–Trinajstić information content (AvgIpc) is 2.92. The van der Waals surface area contributed by atoms with Gasteiger partial charge in [0, 0.05) is 19.5 Å². The Hall–Kier alpha value is -3.48. The van der Waals surface area contributed by atoms with E-state index in [9.17, 15) is 9.59 Å². The number of hydrogen-bond donors (Lipinski definition) is 3. The minimum atomic E-state index is -0.963. The number of nitrogens with zero attached hydrogens (tertiary/aromatic N) is 1. The van der Waals surface area contributed by atoms with Crippen LogP contribution in [0.3, 0.4) is 0 Å². The predicted octanol–water partition coefficient (Wildman–Crippen LogP) is 4.39. The highest BCUT2D eigenvalue weighted by atomic mass is 16.4. The van der Waals surface area contributed by atoms with Gasteiger partial charge in [-0.15, -0.1) is 0 Å². The number of carbonyl (C=O) groups excluding carboxylic acids is 1. The Balaban J connectivity index is 1.98. The van der Waals surface area contributed by atoms with Crippen LogP contribution in [0.2, 0.25) is 0 Å². The molecule has 0 unspecified atom stereocenters. The van der Waals surface area contributed by atoms with Crippen molar-refractivity contribution in [2.75, 3.05) is 26.2 Å². The first-order valence-electron chi connectivity index (χ1n) is 12.7. The summed E-state index contributed by atoms with van der Waals surface area (Å²) in [6.07, 6.45) is 2.45. The molecule has 0 saturated carbocycles. The lowest BCUT2D eigenvalue weighted by atomic mass is 9.75. The Bertz CT molecular complexity index is 962. The van der Waals surface area contributed by atoms with E-state index in [-0.39, 0.29) is 18.7 Å². The molecule has 0 atom stereocenters. The van der Waals surface area contributed by atoms with E-state index in [4.69, 9.17) is 10.8 Å². The van der Waals surface area contributed by atoms with Crippen LogP contribution >= 0.6 is 0 Å². The van der Waals surface area contributed by atoms with Crippen LogP contribution in [0.15, 0.2) is 91.0 Å². The number of amides is 1. The molecule has 0 spiro atoms. The zero-order chi connectivity index (χ0) is 25.6. The smallest absolute Gasteiger partial charge is 0.303 e. The van der Waals surface area contributed by atoms with Crippen LogP contribution in [0.4, 0.5) is 0 Å². The molecular formula is C30H37N3O3. The summed E-state index contributed by atoms with van der Waals surface area (Å²) in [6.45, 7) is 2.70. The van der Waals surface area contributed by atoms with Crippen molar-refractivity contribution in [1.29, 1.82) is 0 Å². The number of carboxylic acids is 1. The Morgan fingerprint density at radius 3 is 1.64 bits per heavy atom. The van der Waals surface area contributed by atoms with Crippen molar-refractivity contribution in [1.82, 2.24) is 10.2 Å². The zero-order valence-electron chi connectivity index (χ0n) is 20.8. The fourth-order valence-corrected chi connectivity index (χ4v) is 4.79. The van der Waals surface area contributed by atoms with E-state index < -0.39 is 11.5 Å². The molecule has 6 heteroatoms. The Kier molecular flexibility index (Phi) is 10.7. The van der Waals surface area contributed by atoms with Crippen molar-refractivity contribution in [3.8, 4) is 0 Å². The van der Waals surface area contributed by atoms with Crippen LogP contribution in [0, 0.1) is 0 Å². The molecule has 0 aliphatic heterocycles. The summed E-state index contributed by atoms with van der Waals surface area (Å²) in [6, 6.07) is 31.7. The van der Waals surface area contributed by atoms with Gasteiger partial charge < -0.3 is 16.2 Å². The van der Waals surface area contributed by atoms with Gasteiger partial charge in [-0.2, -0.15) is 0 Å². The molecule has 4 N–H and O–H groups in total. The summed E-state index contributed by atoms with van der Waals surface area (Å²) in [4.78, 5) is 25.3. The maximum Gasteiger partial charge on any atom is 0.303 e. The summed E-state index contributed by atoms with van der Waals surface area (Å²) in [7, 11) is 0. The van der Waals surface area contributed by atoms with Crippen molar-refractivity contribution in [2.24, 2.45) is 5.73 Å². The minimum Gasteiger partial charge on any atom is -0.481 e. The summed E-state index contributed by atoms with van der Waals surface area (Å²) in [5, 5.41) is 11.7. The SMILES string of the molecule is NCCCCN(CCCNC(=O)CCC(=O)O)C(c1ccccc1)(c1ccccc1)c1ccccc1. The molecule has 0 bridgehead atoms. The zero-order valence-corrected chi connectivity index (χ0v) is 20.8. The quantitative estimate of drug-likeness (QED) is 0.218. The molecule has 6 nitrogen and oxygen atoms in total. The normalized spacial score (nSPS) is 11.4. The molecule has 0 aromatic heterocycles. The molecule has 190 valence electrons. The fraction of sp³-hybridized carbons (Fsp3) is 0.333. The largest absolute Gasteiger partial charge is 0.481 e. The molecule has 0 fully saturated rings. The van der Waals surface area contributed by atoms with E-state index in [0.29, 0.717) is 13.1 Å². The third-order valence-electron chi connectivity index (χ3n) is 6.42. The molecule has 3 aromatic rings. The molecular weight excluding hydrogens is 450 g/mol. The first kappa shape index (κ1) is 27.1. The van der Waals surface area contributed by atoms with Crippen molar-refractivity contribution in [3.63, 3.8) is 0 Å². The first-order valence-corrected chi connectivity index (χ1v) is 12.7. The molecule has 0 saturated heterocycles. The van der Waals surface area contributed by atoms with E-state index in [0.717, 1.165) is 32.4 Å². The average molecular weight is 488 g/mol. The summed E-state index contributed by atoms with van der Waals surface area (Å²) in [5.41, 5.74) is 8.88. The third-order valence-corrected chi connectivity index (χ3v) is 6.42. The molecule has 0 heterocycles. The number of rotatable bonds is 15. The molecule has 3 rings (SSSR count). The molecule has 1 amide bonds. The standard InChI is InChI=1S/C30H37N3O3/c31-21-10-11-23-33(24-12-22-32-28(34)19-20-29(35)36)30(25-13-4-1-5-14-25,26-15-6-2-7-16-26)27-17-8-3-9-18-27/h1-9,13-18H,10-12,19-24,31H2,(H,32,34)(H,35,36). The highest BCUT2D eigenvalue weighted by Crippen LogP contribution is 2.42. The van der Waals surface area contributed by atoms with E-state index in [1.807, 2.05) is 18.2 Å². The maximum atomic E-state index is 12.1. The van der Waals surface area contributed by atoms with Crippen LogP contribution in [0.5, 0.6) is 0 Å². The second-order valence-electron chi connectivity index (χ2n) is 8.89. The molecule has 0 radical (unpaired) electrons. The van der Waals surface area contributed by atoms with Gasteiger partial charge in [0.25, 0.3) is 0 Å². The predicted molar refractivity (Wildman–Crippen MR) is 144 cm³/mol. The van der Waals surface area contributed by atoms with E-state index in [2.05, 4.69) is 83.0 Å². The monoisotopic (exact) mass is 487 g/mol. The van der Waals surface area contributed by atoms with Crippen LogP contribution in [0.25, 0.3) is 0 Å². The van der Waals surface area contributed by atoms with Gasteiger partial charge in [0.1, 0.15) is 0 Å². The number of carboxylic acid groups (broad SMARTS) is 1. The van der Waals surface area contributed by atoms with Gasteiger partial charge in [0.2, 0.25) is 5.91 Å². The van der Waals surface area contributed by atoms with Crippen LogP contribution < -0.4 is 11.1 Å². The second kappa shape index (κ2) is 14.2. The second-order valence-corrected chi connectivity index (χ2v) is 8.89. The Morgan fingerprint density at radius 2 is 1.19 bits per heavy atom. The molecule has 36 heavy (non-hydrogen) atoms. The lowest BCUT2D eigenvalue weighted by Gasteiger charge is -2.46. The van der Waals surface area contributed by atoms with Gasteiger partial charge in [-0.3, -0.25) is 14.5 Å². The fourth-order valence-electron chi connectivity index (χ4n) is 4.79. The number of nitrogens with two attached hydrogens (primary N) is 1. The Morgan fingerprint density at radius 1 is 0.722 bits per heavy atom. The van der Waals surface area contributed by atoms with Crippen molar-refractivity contribution < 1.29 is 14.7 Å². The lowest BCUT2D eigenvalue weighted by molar-refractivity contribution is -0.138. The van der Waals surface area contributed by atoms with E-state index in [1.165, 1.54) is 16.7 Å². The van der Waals surface area contributed by atoms with Crippen molar-refractivity contribution in [3.05, 3.63) is 108 Å². The van der Waals surface area contributed by atoms with E-state index in [1.54, 1.807) is 0 Å². The van der Waals surface area contributed by atoms with Gasteiger partial charge in [0.15, 0.2) is 0 Å². The molecule has 0 aliphatic carbocycles. The highest BCUT2D eigenvalue weighted by molar-refractivity contribution is 5.80. The number of benzene rings is 3. The number of aliphatic carboxylic acids is 1. The van der Waals surface area contributed by atoms with Crippen LogP contribution in [0.1, 0.15) is 48.8 Å². The third kappa shape index (κ3) is 7.03. The van der Waals surface area contributed by atoms with Gasteiger partial charge in [-0.25, -0.2) is 0 Å². The van der Waals surface area contributed by atoms with Gasteiger partial charge in [-0.05, 0) is 49.0 Å². The van der Waals surface area contributed by atoms with Gasteiger partial charge in [0.05, 0.1) is 12.0 Å². The van der Waals surface area contributed by atoms with Crippen LogP contribution in [-0.2, 0) is 15.1 Å². The summed E-state index contributed by atoms with van der Waals surface area (Å²) in [5.74, 6) is -1.19. The summed E-state index contributed by atoms with van der Waals surface area (Å²) >= 11 is 0. The molecule has 3 aromatic carbocycles. The maximum absolute atomic E-state index is 12.1. The first-order chi connectivity index (χ1) is 17.6. The van der Waals surface area contributed by atoms with Crippen molar-refractivity contribution in [2.45, 2.75) is 37.6 Å². The number of carbonyl (C=O) groups is 2. The van der Waals surface area contributed by atoms with Gasteiger partial charge in [-0.1, -0.05) is 91.0 Å². The van der Waals surface area contributed by atoms with Crippen molar-refractivity contribution >= 4 is 11.9 Å². The lowest BCUT2D eigenvalue weighted by Crippen LogP contribution is -2.49. The Labute approximate surface area is 214 Å². The topological polar surface area (TPSA) is 95.7 Å². The van der Waals surface area contributed by atoms with Gasteiger partial charge >= 0.3 is 5.97 Å². The number of nitrogens with one attached hydrogen (secondary N) is 1.